The molecule has 1 aromatic carbocycles. The average molecular weight is 332 g/mol. The van der Waals surface area contributed by atoms with Crippen molar-refractivity contribution in [2.45, 2.75) is 12.5 Å². The van der Waals surface area contributed by atoms with Crippen molar-refractivity contribution in [1.29, 1.82) is 0 Å². The van der Waals surface area contributed by atoms with E-state index in [-0.39, 0.29) is 11.7 Å². The van der Waals surface area contributed by atoms with E-state index >= 15 is 0 Å². The van der Waals surface area contributed by atoms with Crippen molar-refractivity contribution in [3.63, 3.8) is 0 Å². The zero-order valence-corrected chi connectivity index (χ0v) is 14.0. The number of nitrogens with zero attached hydrogens (tertiary/aromatic N) is 3. The van der Waals surface area contributed by atoms with Crippen molar-refractivity contribution in [2.24, 2.45) is 4.99 Å². The number of hydrazine groups is 1. The Morgan fingerprint density at radius 1 is 1.48 bits per heavy atom. The van der Waals surface area contributed by atoms with Gasteiger partial charge in [-0.15, -0.1) is 0 Å². The van der Waals surface area contributed by atoms with Crippen LogP contribution in [0.4, 0.5) is 0 Å². The third-order valence-corrected chi connectivity index (χ3v) is 5.21. The summed E-state index contributed by atoms with van der Waals surface area (Å²) in [6.07, 6.45) is 2.73. The van der Waals surface area contributed by atoms with Crippen LogP contribution in [0.25, 0.3) is 6.08 Å². The van der Waals surface area contributed by atoms with Gasteiger partial charge in [0.1, 0.15) is 5.75 Å². The molecule has 0 bridgehead atoms. The van der Waals surface area contributed by atoms with Gasteiger partial charge >= 0.3 is 0 Å². The molecule has 2 N–H and O–H groups in total. The summed E-state index contributed by atoms with van der Waals surface area (Å²) < 4.78 is 0. The molecular weight excluding hydrogens is 312 g/mol. The van der Waals surface area contributed by atoms with Gasteiger partial charge in [0.2, 0.25) is 0 Å². The molecule has 1 fully saturated rings. The number of phenols is 1. The number of nitrogens with one attached hydrogen (secondary N) is 1. The molecule has 0 spiro atoms. The topological polar surface area (TPSA) is 68.2 Å². The molecule has 1 amide bonds. The van der Waals surface area contributed by atoms with Crippen LogP contribution in [-0.2, 0) is 4.79 Å². The summed E-state index contributed by atoms with van der Waals surface area (Å²) in [6.45, 7) is 1.74. The first-order chi connectivity index (χ1) is 11.1. The Morgan fingerprint density at radius 2 is 2.26 bits per heavy atom. The Labute approximate surface area is 139 Å². The lowest BCUT2D eigenvalue weighted by Crippen LogP contribution is -2.42. The molecule has 1 saturated heterocycles. The molecule has 23 heavy (non-hydrogen) atoms. The largest absolute Gasteiger partial charge is 0.507 e. The van der Waals surface area contributed by atoms with Gasteiger partial charge in [0.25, 0.3) is 5.91 Å². The molecular formula is C16H20N4O2S. The van der Waals surface area contributed by atoms with Crippen molar-refractivity contribution in [3.8, 4) is 5.75 Å². The number of rotatable bonds is 3. The molecule has 0 saturated carbocycles. The lowest BCUT2D eigenvalue weighted by molar-refractivity contribution is -0.113. The minimum Gasteiger partial charge on any atom is -0.507 e. The Morgan fingerprint density at radius 3 is 3.00 bits per heavy atom. The van der Waals surface area contributed by atoms with E-state index in [2.05, 4.69) is 20.3 Å². The highest BCUT2D eigenvalue weighted by Gasteiger charge is 2.32. The number of amidine groups is 1. The van der Waals surface area contributed by atoms with Crippen molar-refractivity contribution in [2.75, 3.05) is 27.2 Å². The zero-order valence-electron chi connectivity index (χ0n) is 13.2. The van der Waals surface area contributed by atoms with Gasteiger partial charge in [0, 0.05) is 31.7 Å². The molecule has 7 heteroatoms. The number of thioether (sulfide) groups is 1. The van der Waals surface area contributed by atoms with E-state index in [1.165, 1.54) is 11.8 Å². The summed E-state index contributed by atoms with van der Waals surface area (Å²) in [7, 11) is 3.92. The highest BCUT2D eigenvalue weighted by Crippen LogP contribution is 2.33. The van der Waals surface area contributed by atoms with Crippen LogP contribution in [0.5, 0.6) is 5.75 Å². The molecule has 122 valence electrons. The number of aromatic hydroxyl groups is 1. The van der Waals surface area contributed by atoms with Crippen molar-refractivity contribution >= 4 is 28.9 Å². The molecule has 2 heterocycles. The fraction of sp³-hybridized carbons (Fsp3) is 0.375. The molecule has 1 unspecified atom stereocenters. The number of carbonyl (C=O) groups excluding carboxylic acids is 1. The van der Waals surface area contributed by atoms with Gasteiger partial charge in [0.15, 0.2) is 5.17 Å². The maximum absolute atomic E-state index is 12.1. The van der Waals surface area contributed by atoms with Crippen LogP contribution in [0.1, 0.15) is 12.0 Å². The third kappa shape index (κ3) is 3.41. The predicted molar refractivity (Wildman–Crippen MR) is 92.9 cm³/mol. The maximum atomic E-state index is 12.1. The molecule has 2 aliphatic heterocycles. The molecule has 0 aromatic heterocycles. The fourth-order valence-corrected chi connectivity index (χ4v) is 3.64. The van der Waals surface area contributed by atoms with E-state index in [1.54, 1.807) is 24.3 Å². The molecule has 2 aliphatic rings. The zero-order chi connectivity index (χ0) is 16.4. The molecule has 0 aliphatic carbocycles. The van der Waals surface area contributed by atoms with Gasteiger partial charge < -0.3 is 10.0 Å². The van der Waals surface area contributed by atoms with Crippen LogP contribution < -0.4 is 5.43 Å². The molecule has 6 nitrogen and oxygen atoms in total. The smallest absolute Gasteiger partial charge is 0.286 e. The monoisotopic (exact) mass is 332 g/mol. The van der Waals surface area contributed by atoms with Crippen molar-refractivity contribution < 1.29 is 9.90 Å². The summed E-state index contributed by atoms with van der Waals surface area (Å²) in [4.78, 5) is 19.0. The molecule has 1 atom stereocenters. The van der Waals surface area contributed by atoms with Crippen LogP contribution in [0.2, 0.25) is 0 Å². The third-order valence-electron chi connectivity index (χ3n) is 4.17. The standard InChI is InChI=1S/C16H20N4O2S/c1-17-19(2)12-7-8-20(10-12)16-18-15(22)14(23-16)9-11-5-3-4-6-13(11)21/h3-6,9,12,17,21H,7-8,10H2,1-2H3/b14-9+. The van der Waals surface area contributed by atoms with Gasteiger partial charge in [0.05, 0.1) is 4.91 Å². The molecule has 0 radical (unpaired) electrons. The van der Waals surface area contributed by atoms with Gasteiger partial charge in [-0.3, -0.25) is 10.2 Å². The van der Waals surface area contributed by atoms with Crippen LogP contribution in [0, 0.1) is 0 Å². The first kappa shape index (κ1) is 16.0. The van der Waals surface area contributed by atoms with E-state index < -0.39 is 0 Å². The van der Waals surface area contributed by atoms with Gasteiger partial charge in [-0.2, -0.15) is 4.99 Å². The fourth-order valence-electron chi connectivity index (χ4n) is 2.70. The number of hydrogen-bond donors (Lipinski definition) is 2. The second-order valence-electron chi connectivity index (χ2n) is 5.59. The summed E-state index contributed by atoms with van der Waals surface area (Å²) in [5.41, 5.74) is 3.76. The quantitative estimate of drug-likeness (QED) is 0.646. The summed E-state index contributed by atoms with van der Waals surface area (Å²) in [5.74, 6) is -0.0718. The van der Waals surface area contributed by atoms with Crippen LogP contribution >= 0.6 is 11.8 Å². The number of aliphatic imine (C=N–C) groups is 1. The van der Waals surface area contributed by atoms with Crippen LogP contribution in [-0.4, -0.2) is 59.3 Å². The Balaban J connectivity index is 1.70. The van der Waals surface area contributed by atoms with Crippen LogP contribution in [0.15, 0.2) is 34.2 Å². The van der Waals surface area contributed by atoms with Gasteiger partial charge in [-0.05, 0) is 37.4 Å². The van der Waals surface area contributed by atoms with Gasteiger partial charge in [-0.1, -0.05) is 18.2 Å². The Hall–Kier alpha value is -1.83. The number of likely N-dealkylation sites (N-methyl/N-ethyl adjacent to an activating group) is 1. The number of phenolic OH excluding ortho intramolecular Hbond substituents is 1. The number of amides is 1. The van der Waals surface area contributed by atoms with E-state index in [9.17, 15) is 9.90 Å². The Bertz CT molecular complexity index is 674. The van der Waals surface area contributed by atoms with E-state index in [1.807, 2.05) is 20.2 Å². The number of carbonyl (C=O) groups is 1. The first-order valence-electron chi connectivity index (χ1n) is 7.54. The SMILES string of the molecule is CNN(C)C1CCN(C2=NC(=O)/C(=C\c3ccccc3O)S2)C1. The highest BCUT2D eigenvalue weighted by atomic mass is 32.2. The predicted octanol–water partition coefficient (Wildman–Crippen LogP) is 1.50. The van der Waals surface area contributed by atoms with E-state index in [0.717, 1.165) is 24.7 Å². The summed E-state index contributed by atoms with van der Waals surface area (Å²) in [6, 6.07) is 7.38. The minimum atomic E-state index is -0.237. The van der Waals surface area contributed by atoms with E-state index in [4.69, 9.17) is 0 Å². The molecule has 1 aromatic rings. The number of benzene rings is 1. The second kappa shape index (κ2) is 6.74. The van der Waals surface area contributed by atoms with Crippen molar-refractivity contribution in [3.05, 3.63) is 34.7 Å². The first-order valence-corrected chi connectivity index (χ1v) is 8.36. The number of hydrogen-bond acceptors (Lipinski definition) is 6. The van der Waals surface area contributed by atoms with Gasteiger partial charge in [-0.25, -0.2) is 5.01 Å². The summed E-state index contributed by atoms with van der Waals surface area (Å²) in [5, 5.41) is 12.7. The lowest BCUT2D eigenvalue weighted by atomic mass is 10.2. The van der Waals surface area contributed by atoms with Crippen LogP contribution in [0.3, 0.4) is 0 Å². The van der Waals surface area contributed by atoms with E-state index in [0.29, 0.717) is 16.5 Å². The highest BCUT2D eigenvalue weighted by molar-refractivity contribution is 8.18. The maximum Gasteiger partial charge on any atom is 0.286 e. The molecule has 3 rings (SSSR count). The number of para-hydroxylation sites is 1. The summed E-state index contributed by atoms with van der Waals surface area (Å²) >= 11 is 1.38. The Kier molecular flexibility index (Phi) is 4.70. The normalized spacial score (nSPS) is 23.2. The lowest BCUT2D eigenvalue weighted by Gasteiger charge is -2.23. The number of likely N-dealkylation sites (tertiary alicyclic amines) is 1. The minimum absolute atomic E-state index is 0.165. The average Bonchev–Trinajstić information content (AvgIpc) is 3.16. The second-order valence-corrected chi connectivity index (χ2v) is 6.60. The van der Waals surface area contributed by atoms with Crippen molar-refractivity contribution in [1.82, 2.24) is 15.3 Å².